The Balaban J connectivity index is 2.10. The monoisotopic (exact) mass is 238 g/mol. The molecule has 2 aromatic carbocycles. The van der Waals surface area contributed by atoms with Gasteiger partial charge in [0.15, 0.2) is 0 Å². The minimum absolute atomic E-state index is 0.369. The van der Waals surface area contributed by atoms with E-state index in [1.807, 2.05) is 30.3 Å². The third-order valence-electron chi connectivity index (χ3n) is 2.27. The van der Waals surface area contributed by atoms with Gasteiger partial charge in [-0.15, -0.1) is 6.42 Å². The molecule has 18 heavy (non-hydrogen) atoms. The van der Waals surface area contributed by atoms with Gasteiger partial charge in [-0.3, -0.25) is 5.43 Å². The molecule has 0 saturated heterocycles. The molecule has 0 aliphatic rings. The lowest BCUT2D eigenvalue weighted by molar-refractivity contribution is 0.627. The second kappa shape index (κ2) is 5.65. The lowest BCUT2D eigenvalue weighted by Gasteiger charge is -1.99. The highest BCUT2D eigenvalue weighted by atomic mass is 19.1. The maximum Gasteiger partial charge on any atom is 0.125 e. The first-order valence-corrected chi connectivity index (χ1v) is 5.39. The Bertz CT molecular complexity index is 598. The minimum Gasteiger partial charge on any atom is -0.279 e. The van der Waals surface area contributed by atoms with Crippen LogP contribution in [0.15, 0.2) is 53.6 Å². The van der Waals surface area contributed by atoms with E-state index in [0.717, 1.165) is 5.69 Å². The summed E-state index contributed by atoms with van der Waals surface area (Å²) in [4.78, 5) is 0. The van der Waals surface area contributed by atoms with Crippen molar-refractivity contribution in [1.82, 2.24) is 0 Å². The van der Waals surface area contributed by atoms with Crippen LogP contribution in [0.1, 0.15) is 11.1 Å². The van der Waals surface area contributed by atoms with Crippen molar-refractivity contribution in [2.75, 3.05) is 5.43 Å². The van der Waals surface area contributed by atoms with Crippen molar-refractivity contribution in [2.24, 2.45) is 5.10 Å². The van der Waals surface area contributed by atoms with Gasteiger partial charge in [-0.05, 0) is 35.9 Å². The molecule has 0 unspecified atom stereocenters. The molecule has 2 nitrogen and oxygen atoms in total. The minimum atomic E-state index is -0.369. The number of para-hydroxylation sites is 1. The van der Waals surface area contributed by atoms with E-state index in [1.165, 1.54) is 18.3 Å². The van der Waals surface area contributed by atoms with Crippen LogP contribution in [-0.4, -0.2) is 6.21 Å². The van der Waals surface area contributed by atoms with Crippen LogP contribution in [0.2, 0.25) is 0 Å². The summed E-state index contributed by atoms with van der Waals surface area (Å²) in [6.45, 7) is 0. The first-order valence-electron chi connectivity index (χ1n) is 5.39. The number of hydrogen-bond acceptors (Lipinski definition) is 2. The average Bonchev–Trinajstić information content (AvgIpc) is 2.39. The molecular weight excluding hydrogens is 227 g/mol. The zero-order valence-electron chi connectivity index (χ0n) is 9.60. The second-order valence-corrected chi connectivity index (χ2v) is 3.65. The number of hydrazone groups is 1. The molecule has 0 heterocycles. The topological polar surface area (TPSA) is 24.4 Å². The van der Waals surface area contributed by atoms with Gasteiger partial charge >= 0.3 is 0 Å². The van der Waals surface area contributed by atoms with Crippen LogP contribution in [0.4, 0.5) is 10.1 Å². The second-order valence-electron chi connectivity index (χ2n) is 3.65. The number of terminal acetylenes is 1. The van der Waals surface area contributed by atoms with E-state index < -0.39 is 0 Å². The smallest absolute Gasteiger partial charge is 0.125 e. The lowest BCUT2D eigenvalue weighted by Crippen LogP contribution is -1.91. The van der Waals surface area contributed by atoms with Gasteiger partial charge in [0.25, 0.3) is 0 Å². The molecule has 2 rings (SSSR count). The number of benzene rings is 2. The molecule has 0 aliphatic carbocycles. The fraction of sp³-hybridized carbons (Fsp3) is 0. The van der Waals surface area contributed by atoms with Gasteiger partial charge in [0, 0.05) is 5.56 Å². The first kappa shape index (κ1) is 11.9. The number of nitrogens with one attached hydrogen (secondary N) is 1. The fourth-order valence-corrected chi connectivity index (χ4v) is 1.46. The van der Waals surface area contributed by atoms with Crippen LogP contribution in [-0.2, 0) is 0 Å². The third-order valence-corrected chi connectivity index (χ3v) is 2.27. The van der Waals surface area contributed by atoms with Gasteiger partial charge < -0.3 is 0 Å². The Hall–Kier alpha value is -2.60. The van der Waals surface area contributed by atoms with E-state index in [-0.39, 0.29) is 5.82 Å². The highest BCUT2D eigenvalue weighted by Crippen LogP contribution is 2.08. The van der Waals surface area contributed by atoms with Crippen molar-refractivity contribution < 1.29 is 4.39 Å². The SMILES string of the molecule is C#Cc1cc(F)cc(C=NNc2ccccc2)c1. The summed E-state index contributed by atoms with van der Waals surface area (Å²) >= 11 is 0. The molecule has 0 saturated carbocycles. The average molecular weight is 238 g/mol. The Kier molecular flexibility index (Phi) is 3.72. The number of hydrogen-bond donors (Lipinski definition) is 1. The van der Waals surface area contributed by atoms with E-state index >= 15 is 0 Å². The summed E-state index contributed by atoms with van der Waals surface area (Å²) in [5.74, 6) is 2.03. The Morgan fingerprint density at radius 1 is 1.17 bits per heavy atom. The molecule has 3 heteroatoms. The fourth-order valence-electron chi connectivity index (χ4n) is 1.46. The predicted octanol–water partition coefficient (Wildman–Crippen LogP) is 3.25. The summed E-state index contributed by atoms with van der Waals surface area (Å²) < 4.78 is 13.2. The number of anilines is 1. The van der Waals surface area contributed by atoms with E-state index in [9.17, 15) is 4.39 Å². The number of halogens is 1. The van der Waals surface area contributed by atoms with Crippen molar-refractivity contribution in [3.05, 3.63) is 65.5 Å². The summed E-state index contributed by atoms with van der Waals surface area (Å²) in [6, 6.07) is 13.9. The normalized spacial score (nSPS) is 10.2. The molecule has 88 valence electrons. The lowest BCUT2D eigenvalue weighted by atomic mass is 10.1. The summed E-state index contributed by atoms with van der Waals surface area (Å²) in [5, 5.41) is 4.02. The van der Waals surface area contributed by atoms with Crippen LogP contribution in [0.3, 0.4) is 0 Å². The standard InChI is InChI=1S/C15H11FN2/c1-2-12-8-13(10-14(16)9-12)11-17-18-15-6-4-3-5-7-15/h1,3-11,18H. The van der Waals surface area contributed by atoms with Crippen molar-refractivity contribution in [3.63, 3.8) is 0 Å². The van der Waals surface area contributed by atoms with Gasteiger partial charge in [-0.2, -0.15) is 5.10 Å². The summed E-state index contributed by atoms with van der Waals surface area (Å²) in [6.07, 6.45) is 6.76. The van der Waals surface area contributed by atoms with Crippen molar-refractivity contribution in [1.29, 1.82) is 0 Å². The van der Waals surface area contributed by atoms with E-state index in [1.54, 1.807) is 6.07 Å². The Morgan fingerprint density at radius 2 is 1.94 bits per heavy atom. The molecule has 1 N–H and O–H groups in total. The van der Waals surface area contributed by atoms with Gasteiger partial charge in [0.05, 0.1) is 11.9 Å². The summed E-state index contributed by atoms with van der Waals surface area (Å²) in [7, 11) is 0. The molecule has 0 atom stereocenters. The summed E-state index contributed by atoms with van der Waals surface area (Å²) in [5.41, 5.74) is 4.82. The van der Waals surface area contributed by atoms with Crippen LogP contribution in [0.25, 0.3) is 0 Å². The number of nitrogens with zero attached hydrogens (tertiary/aromatic N) is 1. The van der Waals surface area contributed by atoms with E-state index in [2.05, 4.69) is 16.4 Å². The zero-order chi connectivity index (χ0) is 12.8. The highest BCUT2D eigenvalue weighted by Gasteiger charge is 1.96. The van der Waals surface area contributed by atoms with Crippen molar-refractivity contribution in [2.45, 2.75) is 0 Å². The van der Waals surface area contributed by atoms with Crippen molar-refractivity contribution >= 4 is 11.9 Å². The van der Waals surface area contributed by atoms with Crippen LogP contribution in [0, 0.1) is 18.2 Å². The quantitative estimate of drug-likeness (QED) is 0.495. The van der Waals surface area contributed by atoms with Gasteiger partial charge in [-0.25, -0.2) is 4.39 Å². The maximum atomic E-state index is 13.2. The van der Waals surface area contributed by atoms with Crippen molar-refractivity contribution in [3.8, 4) is 12.3 Å². The molecule has 0 radical (unpaired) electrons. The molecule has 0 fully saturated rings. The largest absolute Gasteiger partial charge is 0.279 e. The molecule has 0 aromatic heterocycles. The predicted molar refractivity (Wildman–Crippen MR) is 72.0 cm³/mol. The molecule has 0 amide bonds. The van der Waals surface area contributed by atoms with Gasteiger partial charge in [-0.1, -0.05) is 24.1 Å². The number of rotatable bonds is 3. The maximum absolute atomic E-state index is 13.2. The van der Waals surface area contributed by atoms with Crippen LogP contribution >= 0.6 is 0 Å². The van der Waals surface area contributed by atoms with Crippen LogP contribution < -0.4 is 5.43 Å². The molecule has 0 aliphatic heterocycles. The van der Waals surface area contributed by atoms with Crippen LogP contribution in [0.5, 0.6) is 0 Å². The van der Waals surface area contributed by atoms with Gasteiger partial charge in [0.1, 0.15) is 5.82 Å². The Labute approximate surface area is 105 Å². The molecule has 0 bridgehead atoms. The zero-order valence-corrected chi connectivity index (χ0v) is 9.60. The first-order chi connectivity index (χ1) is 8.78. The van der Waals surface area contributed by atoms with Gasteiger partial charge in [0.2, 0.25) is 0 Å². The third kappa shape index (κ3) is 3.19. The molecule has 2 aromatic rings. The highest BCUT2D eigenvalue weighted by molar-refractivity contribution is 5.80. The van der Waals surface area contributed by atoms with E-state index in [0.29, 0.717) is 11.1 Å². The van der Waals surface area contributed by atoms with E-state index in [4.69, 9.17) is 6.42 Å². The Morgan fingerprint density at radius 3 is 2.67 bits per heavy atom. The molecule has 0 spiro atoms. The molecular formula is C15H11FN2.